The Morgan fingerprint density at radius 2 is 1.61 bits per heavy atom. The monoisotopic (exact) mass is 291 g/mol. The predicted octanol–water partition coefficient (Wildman–Crippen LogP) is 2.17. The largest absolute Gasteiger partial charge is 0.458 e. The molecule has 0 atom stereocenters. The van der Waals surface area contributed by atoms with Crippen LogP contribution in [-0.4, -0.2) is 19.1 Å². The first-order chi connectivity index (χ1) is 7.87. The maximum atomic E-state index is 13.0. The molecule has 10 heteroatoms. The number of nitrogens with two attached hydrogens (primary N) is 1. The lowest BCUT2D eigenvalue weighted by Gasteiger charge is -2.21. The number of anilines is 1. The van der Waals surface area contributed by atoms with Gasteiger partial charge in [-0.1, -0.05) is 0 Å². The number of halogens is 5. The Labute approximate surface area is 98.0 Å². The van der Waals surface area contributed by atoms with Crippen LogP contribution in [0.4, 0.5) is 27.6 Å². The third-order valence-electron chi connectivity index (χ3n) is 2.02. The van der Waals surface area contributed by atoms with Crippen molar-refractivity contribution >= 4 is 15.8 Å². The molecule has 0 aromatic heterocycles. The molecule has 1 rings (SSSR count). The molecule has 4 nitrogen and oxygen atoms in total. The summed E-state index contributed by atoms with van der Waals surface area (Å²) >= 11 is 0. The van der Waals surface area contributed by atoms with Gasteiger partial charge in [0.05, 0.1) is 10.5 Å². The lowest BCUT2D eigenvalue weighted by Crippen LogP contribution is -2.34. The fourth-order valence-corrected chi connectivity index (χ4v) is 1.63. The highest BCUT2D eigenvalue weighted by Gasteiger charge is 2.59. The van der Waals surface area contributed by atoms with Gasteiger partial charge in [0.25, 0.3) is 10.1 Å². The second kappa shape index (κ2) is 4.05. The van der Waals surface area contributed by atoms with E-state index in [1.807, 2.05) is 0 Å². The molecule has 0 fully saturated rings. The highest BCUT2D eigenvalue weighted by atomic mass is 32.2. The van der Waals surface area contributed by atoms with Crippen molar-refractivity contribution in [1.29, 1.82) is 0 Å². The number of hydrogen-bond donors (Lipinski definition) is 2. The molecule has 0 bridgehead atoms. The summed E-state index contributed by atoms with van der Waals surface area (Å²) in [5.74, 6) is -5.32. The zero-order valence-corrected chi connectivity index (χ0v) is 9.19. The molecule has 1 aromatic rings. The van der Waals surface area contributed by atoms with Crippen LogP contribution in [0, 0.1) is 0 Å². The van der Waals surface area contributed by atoms with Crippen molar-refractivity contribution in [3.8, 4) is 0 Å². The van der Waals surface area contributed by atoms with Gasteiger partial charge in [-0.05, 0) is 18.2 Å². The van der Waals surface area contributed by atoms with Gasteiger partial charge in [0.15, 0.2) is 0 Å². The van der Waals surface area contributed by atoms with Crippen molar-refractivity contribution < 1.29 is 34.9 Å². The molecule has 1 aromatic carbocycles. The van der Waals surface area contributed by atoms with Crippen LogP contribution in [0.5, 0.6) is 0 Å². The molecule has 0 aliphatic heterocycles. The number of benzene rings is 1. The van der Waals surface area contributed by atoms with Crippen LogP contribution in [0.3, 0.4) is 0 Å². The molecule has 0 unspecified atom stereocenters. The van der Waals surface area contributed by atoms with E-state index >= 15 is 0 Å². The molecule has 0 aliphatic carbocycles. The number of hydrogen-bond acceptors (Lipinski definition) is 3. The van der Waals surface area contributed by atoms with Gasteiger partial charge in [-0.15, -0.1) is 0 Å². The van der Waals surface area contributed by atoms with Crippen molar-refractivity contribution in [3.63, 3.8) is 0 Å². The van der Waals surface area contributed by atoms with Crippen LogP contribution in [0.2, 0.25) is 0 Å². The average Bonchev–Trinajstić information content (AvgIpc) is 2.14. The second-order valence-electron chi connectivity index (χ2n) is 3.30. The standard InChI is InChI=1S/C8H6F5NO3S/c9-7(10,8(11,12)13)5-3-4(18(15,16)17)1-2-6(5)14/h1-3H,14H2,(H,15,16,17). The van der Waals surface area contributed by atoms with Gasteiger partial charge in [0.2, 0.25) is 0 Å². The summed E-state index contributed by atoms with van der Waals surface area (Å²) < 4.78 is 92.3. The molecule has 0 spiro atoms. The van der Waals surface area contributed by atoms with E-state index in [0.29, 0.717) is 12.1 Å². The van der Waals surface area contributed by atoms with Gasteiger partial charge in [-0.2, -0.15) is 30.4 Å². The fourth-order valence-electron chi connectivity index (χ4n) is 1.12. The van der Waals surface area contributed by atoms with E-state index in [0.717, 1.165) is 0 Å². The molecule has 102 valence electrons. The number of nitrogen functional groups attached to an aromatic ring is 1. The number of alkyl halides is 5. The minimum Gasteiger partial charge on any atom is -0.398 e. The minimum absolute atomic E-state index is 0.0157. The van der Waals surface area contributed by atoms with Gasteiger partial charge in [0, 0.05) is 5.69 Å². The van der Waals surface area contributed by atoms with Crippen molar-refractivity contribution in [3.05, 3.63) is 23.8 Å². The van der Waals surface area contributed by atoms with Crippen LogP contribution in [0.25, 0.3) is 0 Å². The molecule has 0 amide bonds. The third kappa shape index (κ3) is 2.53. The lowest BCUT2D eigenvalue weighted by molar-refractivity contribution is -0.289. The summed E-state index contributed by atoms with van der Waals surface area (Å²) in [6.45, 7) is 0. The Morgan fingerprint density at radius 3 is 2.00 bits per heavy atom. The van der Waals surface area contributed by atoms with Gasteiger partial charge < -0.3 is 5.73 Å². The summed E-state index contributed by atoms with van der Waals surface area (Å²) in [7, 11) is -4.90. The Hall–Kier alpha value is -1.42. The maximum absolute atomic E-state index is 13.0. The molecule has 0 saturated heterocycles. The topological polar surface area (TPSA) is 80.4 Å². The molecule has 3 N–H and O–H groups in total. The van der Waals surface area contributed by atoms with Gasteiger partial charge in [-0.25, -0.2) is 0 Å². The molecule has 0 saturated carbocycles. The molecule has 0 radical (unpaired) electrons. The quantitative estimate of drug-likeness (QED) is 0.497. The van der Waals surface area contributed by atoms with E-state index in [1.165, 1.54) is 0 Å². The van der Waals surface area contributed by atoms with Crippen LogP contribution in [0.1, 0.15) is 5.56 Å². The van der Waals surface area contributed by atoms with E-state index in [1.54, 1.807) is 0 Å². The fraction of sp³-hybridized carbons (Fsp3) is 0.250. The zero-order chi connectivity index (χ0) is 14.4. The summed E-state index contributed by atoms with van der Waals surface area (Å²) in [5, 5.41) is 0. The molecule has 0 heterocycles. The Kier molecular flexibility index (Phi) is 3.30. The summed E-state index contributed by atoms with van der Waals surface area (Å²) in [6, 6.07) is 1.14. The Morgan fingerprint density at radius 1 is 1.11 bits per heavy atom. The Bertz CT molecular complexity index is 567. The van der Waals surface area contributed by atoms with Crippen LogP contribution >= 0.6 is 0 Å². The minimum atomic E-state index is -5.93. The highest BCUT2D eigenvalue weighted by molar-refractivity contribution is 7.85. The number of rotatable bonds is 2. The molecular formula is C8H6F5NO3S. The molecule has 0 aliphatic rings. The van der Waals surface area contributed by atoms with E-state index in [4.69, 9.17) is 10.3 Å². The molecule has 18 heavy (non-hydrogen) atoms. The van der Waals surface area contributed by atoms with Gasteiger partial charge >= 0.3 is 12.1 Å². The van der Waals surface area contributed by atoms with Crippen molar-refractivity contribution in [1.82, 2.24) is 0 Å². The summed E-state index contributed by atoms with van der Waals surface area (Å²) in [6.07, 6.45) is -5.93. The van der Waals surface area contributed by atoms with Gasteiger partial charge in [-0.3, -0.25) is 4.55 Å². The first-order valence-electron chi connectivity index (χ1n) is 4.19. The predicted molar refractivity (Wildman–Crippen MR) is 50.6 cm³/mol. The summed E-state index contributed by atoms with van der Waals surface area (Å²) in [4.78, 5) is -1.10. The van der Waals surface area contributed by atoms with Crippen molar-refractivity contribution in [2.45, 2.75) is 17.0 Å². The average molecular weight is 291 g/mol. The normalized spacial score (nSPS) is 13.7. The molecular weight excluding hydrogens is 285 g/mol. The van der Waals surface area contributed by atoms with E-state index in [-0.39, 0.29) is 6.07 Å². The van der Waals surface area contributed by atoms with E-state index in [2.05, 4.69) is 0 Å². The Balaban J connectivity index is 3.52. The van der Waals surface area contributed by atoms with E-state index in [9.17, 15) is 30.4 Å². The van der Waals surface area contributed by atoms with Gasteiger partial charge in [0.1, 0.15) is 0 Å². The van der Waals surface area contributed by atoms with Crippen molar-refractivity contribution in [2.24, 2.45) is 0 Å². The van der Waals surface area contributed by atoms with E-state index < -0.39 is 38.4 Å². The maximum Gasteiger partial charge on any atom is 0.458 e. The van der Waals surface area contributed by atoms with Crippen molar-refractivity contribution in [2.75, 3.05) is 5.73 Å². The third-order valence-corrected chi connectivity index (χ3v) is 2.87. The smallest absolute Gasteiger partial charge is 0.398 e. The van der Waals surface area contributed by atoms with Crippen LogP contribution in [-0.2, 0) is 16.0 Å². The van der Waals surface area contributed by atoms with Crippen LogP contribution in [0.15, 0.2) is 23.1 Å². The first-order valence-corrected chi connectivity index (χ1v) is 5.63. The SMILES string of the molecule is Nc1ccc(S(=O)(=O)O)cc1C(F)(F)C(F)(F)F. The first kappa shape index (κ1) is 14.6. The van der Waals surface area contributed by atoms with Crippen LogP contribution < -0.4 is 5.73 Å². The zero-order valence-electron chi connectivity index (χ0n) is 8.37. The lowest BCUT2D eigenvalue weighted by atomic mass is 10.1. The summed E-state index contributed by atoms with van der Waals surface area (Å²) in [5.41, 5.74) is 2.29. The highest BCUT2D eigenvalue weighted by Crippen LogP contribution is 2.46. The second-order valence-corrected chi connectivity index (χ2v) is 4.72.